The van der Waals surface area contributed by atoms with Crippen LogP contribution in [0.5, 0.6) is 0 Å². The minimum Gasteiger partial charge on any atom is -0.336 e. The number of halogens is 1. The van der Waals surface area contributed by atoms with Crippen LogP contribution in [-0.2, 0) is 11.3 Å². The number of thiophene rings is 1. The Hall–Kier alpha value is -0.580. The molecular formula is C12H17ClN2OS. The van der Waals surface area contributed by atoms with Gasteiger partial charge in [-0.05, 0) is 38.4 Å². The van der Waals surface area contributed by atoms with Crippen LogP contribution in [-0.4, -0.2) is 29.9 Å². The summed E-state index contributed by atoms with van der Waals surface area (Å²) < 4.78 is 0.780. The highest BCUT2D eigenvalue weighted by Crippen LogP contribution is 2.23. The van der Waals surface area contributed by atoms with E-state index in [4.69, 9.17) is 11.6 Å². The first kappa shape index (κ1) is 12.9. The average Bonchev–Trinajstić information content (AvgIpc) is 2.96. The van der Waals surface area contributed by atoms with Crippen LogP contribution in [0.1, 0.15) is 24.6 Å². The third-order valence-electron chi connectivity index (χ3n) is 3.03. The molecule has 17 heavy (non-hydrogen) atoms. The summed E-state index contributed by atoms with van der Waals surface area (Å²) >= 11 is 7.44. The standard InChI is InChI=1S/C12H17ClN2OS/c1-2-15(8-9-5-6-11(13)17-9)12(16)10-4-3-7-14-10/h5-6,10,14H,2-4,7-8H2,1H3. The Morgan fingerprint density at radius 3 is 3.00 bits per heavy atom. The normalized spacial score (nSPS) is 19.5. The Kier molecular flexibility index (Phi) is 4.42. The van der Waals surface area contributed by atoms with E-state index >= 15 is 0 Å². The summed E-state index contributed by atoms with van der Waals surface area (Å²) in [5.74, 6) is 0.217. The number of nitrogens with one attached hydrogen (secondary N) is 1. The molecule has 3 nitrogen and oxygen atoms in total. The predicted molar refractivity (Wildman–Crippen MR) is 71.4 cm³/mol. The molecule has 1 fully saturated rings. The van der Waals surface area contributed by atoms with E-state index in [1.165, 1.54) is 0 Å². The van der Waals surface area contributed by atoms with Gasteiger partial charge in [0.2, 0.25) is 5.91 Å². The van der Waals surface area contributed by atoms with Gasteiger partial charge in [-0.1, -0.05) is 11.6 Å². The molecule has 1 aromatic heterocycles. The second-order valence-corrected chi connectivity index (χ2v) is 6.01. The lowest BCUT2D eigenvalue weighted by Gasteiger charge is -2.23. The van der Waals surface area contributed by atoms with E-state index in [0.717, 1.165) is 35.1 Å². The van der Waals surface area contributed by atoms with Gasteiger partial charge in [0.05, 0.1) is 16.9 Å². The van der Waals surface area contributed by atoms with Crippen molar-refractivity contribution in [3.8, 4) is 0 Å². The lowest BCUT2D eigenvalue weighted by atomic mass is 10.2. The number of amides is 1. The first-order valence-electron chi connectivity index (χ1n) is 5.97. The first-order chi connectivity index (χ1) is 8.20. The monoisotopic (exact) mass is 272 g/mol. The molecule has 0 aromatic carbocycles. The fourth-order valence-corrected chi connectivity index (χ4v) is 3.19. The lowest BCUT2D eigenvalue weighted by molar-refractivity contribution is -0.133. The van der Waals surface area contributed by atoms with Gasteiger partial charge in [-0.3, -0.25) is 4.79 Å². The van der Waals surface area contributed by atoms with Crippen molar-refractivity contribution in [2.24, 2.45) is 0 Å². The van der Waals surface area contributed by atoms with Crippen molar-refractivity contribution in [3.63, 3.8) is 0 Å². The highest BCUT2D eigenvalue weighted by Gasteiger charge is 2.26. The van der Waals surface area contributed by atoms with Crippen molar-refractivity contribution in [2.45, 2.75) is 32.4 Å². The van der Waals surface area contributed by atoms with Crippen LogP contribution in [0, 0.1) is 0 Å². The SMILES string of the molecule is CCN(Cc1ccc(Cl)s1)C(=O)C1CCCN1. The Morgan fingerprint density at radius 1 is 1.65 bits per heavy atom. The van der Waals surface area contributed by atoms with Crippen LogP contribution in [0.3, 0.4) is 0 Å². The number of hydrogen-bond acceptors (Lipinski definition) is 3. The number of rotatable bonds is 4. The van der Waals surface area contributed by atoms with Crippen molar-refractivity contribution >= 4 is 28.8 Å². The van der Waals surface area contributed by atoms with E-state index in [1.54, 1.807) is 11.3 Å². The fourth-order valence-electron chi connectivity index (χ4n) is 2.09. The molecule has 0 saturated carbocycles. The van der Waals surface area contributed by atoms with Crippen LogP contribution in [0.4, 0.5) is 0 Å². The summed E-state index contributed by atoms with van der Waals surface area (Å²) in [4.78, 5) is 15.3. The van der Waals surface area contributed by atoms with Crippen molar-refractivity contribution < 1.29 is 4.79 Å². The maximum Gasteiger partial charge on any atom is 0.240 e. The lowest BCUT2D eigenvalue weighted by Crippen LogP contribution is -2.43. The molecule has 2 heterocycles. The van der Waals surface area contributed by atoms with Gasteiger partial charge in [-0.2, -0.15) is 0 Å². The van der Waals surface area contributed by atoms with Gasteiger partial charge < -0.3 is 10.2 Å². The first-order valence-corrected chi connectivity index (χ1v) is 7.16. The molecule has 2 rings (SSSR count). The third-order valence-corrected chi connectivity index (χ3v) is 4.24. The molecule has 0 radical (unpaired) electrons. The molecule has 1 N–H and O–H groups in total. The van der Waals surface area contributed by atoms with Gasteiger partial charge >= 0.3 is 0 Å². The highest BCUT2D eigenvalue weighted by molar-refractivity contribution is 7.16. The zero-order valence-electron chi connectivity index (χ0n) is 9.91. The second kappa shape index (κ2) is 5.85. The maximum atomic E-state index is 12.2. The maximum absolute atomic E-state index is 12.2. The average molecular weight is 273 g/mol. The summed E-state index contributed by atoms with van der Waals surface area (Å²) in [6.45, 7) is 4.39. The molecular weight excluding hydrogens is 256 g/mol. The second-order valence-electron chi connectivity index (χ2n) is 4.21. The van der Waals surface area contributed by atoms with Gasteiger partial charge in [0.25, 0.3) is 0 Å². The van der Waals surface area contributed by atoms with E-state index in [2.05, 4.69) is 5.32 Å². The Morgan fingerprint density at radius 2 is 2.47 bits per heavy atom. The quantitative estimate of drug-likeness (QED) is 0.913. The van der Waals surface area contributed by atoms with Crippen LogP contribution in [0.2, 0.25) is 4.34 Å². The van der Waals surface area contributed by atoms with E-state index in [9.17, 15) is 4.79 Å². The van der Waals surface area contributed by atoms with Crippen molar-refractivity contribution in [1.29, 1.82) is 0 Å². The summed E-state index contributed by atoms with van der Waals surface area (Å²) in [5, 5.41) is 3.25. The Labute approximate surface area is 111 Å². The summed E-state index contributed by atoms with van der Waals surface area (Å²) in [7, 11) is 0. The van der Waals surface area contributed by atoms with Crippen molar-refractivity contribution in [3.05, 3.63) is 21.3 Å². The fraction of sp³-hybridized carbons (Fsp3) is 0.583. The summed E-state index contributed by atoms with van der Waals surface area (Å²) in [5.41, 5.74) is 0. The molecule has 1 amide bonds. The van der Waals surface area contributed by atoms with Crippen molar-refractivity contribution in [2.75, 3.05) is 13.1 Å². The number of nitrogens with zero attached hydrogens (tertiary/aromatic N) is 1. The third kappa shape index (κ3) is 3.21. The van der Waals surface area contributed by atoms with Gasteiger partial charge in [-0.25, -0.2) is 0 Å². The summed E-state index contributed by atoms with van der Waals surface area (Å²) in [6, 6.07) is 3.89. The van der Waals surface area contributed by atoms with E-state index in [1.807, 2.05) is 24.0 Å². The molecule has 0 aliphatic carbocycles. The molecule has 5 heteroatoms. The minimum absolute atomic E-state index is 0.0189. The van der Waals surface area contributed by atoms with Crippen LogP contribution >= 0.6 is 22.9 Å². The number of likely N-dealkylation sites (N-methyl/N-ethyl adjacent to an activating group) is 1. The zero-order valence-corrected chi connectivity index (χ0v) is 11.5. The zero-order chi connectivity index (χ0) is 12.3. The molecule has 1 saturated heterocycles. The minimum atomic E-state index is 0.0189. The Balaban J connectivity index is 1.98. The smallest absolute Gasteiger partial charge is 0.240 e. The van der Waals surface area contributed by atoms with Crippen LogP contribution < -0.4 is 5.32 Å². The predicted octanol–water partition coefficient (Wildman–Crippen LogP) is 2.50. The van der Waals surface area contributed by atoms with Crippen LogP contribution in [0.25, 0.3) is 0 Å². The molecule has 1 aromatic rings. The van der Waals surface area contributed by atoms with E-state index in [-0.39, 0.29) is 11.9 Å². The van der Waals surface area contributed by atoms with E-state index in [0.29, 0.717) is 6.54 Å². The number of carbonyl (C=O) groups excluding carboxylic acids is 1. The number of carbonyl (C=O) groups is 1. The van der Waals surface area contributed by atoms with E-state index < -0.39 is 0 Å². The Bertz CT molecular complexity index is 388. The van der Waals surface area contributed by atoms with Crippen LogP contribution in [0.15, 0.2) is 12.1 Å². The molecule has 0 spiro atoms. The van der Waals surface area contributed by atoms with Gasteiger partial charge in [0, 0.05) is 11.4 Å². The summed E-state index contributed by atoms with van der Waals surface area (Å²) in [6.07, 6.45) is 2.05. The topological polar surface area (TPSA) is 32.3 Å². The van der Waals surface area contributed by atoms with Crippen molar-refractivity contribution in [1.82, 2.24) is 10.2 Å². The van der Waals surface area contributed by atoms with Gasteiger partial charge in [0.1, 0.15) is 0 Å². The van der Waals surface area contributed by atoms with Gasteiger partial charge in [-0.15, -0.1) is 11.3 Å². The molecule has 0 bridgehead atoms. The molecule has 1 atom stereocenters. The van der Waals surface area contributed by atoms with Gasteiger partial charge in [0.15, 0.2) is 0 Å². The molecule has 1 aliphatic rings. The largest absolute Gasteiger partial charge is 0.336 e. The molecule has 1 aliphatic heterocycles. The highest BCUT2D eigenvalue weighted by atomic mass is 35.5. The molecule has 1 unspecified atom stereocenters. The molecule has 94 valence electrons. The number of hydrogen-bond donors (Lipinski definition) is 1.